The molecule has 0 fully saturated rings. The number of hydrogen-bond acceptors (Lipinski definition) is 5. The second-order valence-electron chi connectivity index (χ2n) is 9.09. The van der Waals surface area contributed by atoms with Crippen molar-refractivity contribution in [1.29, 1.82) is 0 Å². The molecule has 1 N–H and O–H groups in total. The largest absolute Gasteiger partial charge is 0.350 e. The van der Waals surface area contributed by atoms with Crippen molar-refractivity contribution < 1.29 is 22.8 Å². The molecule has 0 radical (unpaired) electrons. The SMILES string of the molecule is CCC(C(=O)NC(C)(C)C)N(Cc1ccccc1Cl)C(=O)CN1C(=O)c2ccccc2S1(=O)=O. The zero-order chi connectivity index (χ0) is 25.3. The highest BCUT2D eigenvalue weighted by Crippen LogP contribution is 2.30. The molecule has 0 aliphatic carbocycles. The molecule has 1 unspecified atom stereocenters. The smallest absolute Gasteiger partial charge is 0.269 e. The van der Waals surface area contributed by atoms with E-state index >= 15 is 0 Å². The fourth-order valence-corrected chi connectivity index (χ4v) is 5.50. The Kier molecular flexibility index (Phi) is 7.38. The molecule has 0 aromatic heterocycles. The van der Waals surface area contributed by atoms with Gasteiger partial charge in [0.15, 0.2) is 0 Å². The number of carbonyl (C=O) groups is 3. The molecule has 3 rings (SSSR count). The van der Waals surface area contributed by atoms with Gasteiger partial charge in [0.2, 0.25) is 11.8 Å². The van der Waals surface area contributed by atoms with E-state index in [1.807, 2.05) is 20.8 Å². The van der Waals surface area contributed by atoms with Crippen LogP contribution < -0.4 is 5.32 Å². The van der Waals surface area contributed by atoms with Crippen LogP contribution in [0.1, 0.15) is 50.0 Å². The quantitative estimate of drug-likeness (QED) is 0.622. The number of sulfonamides is 1. The van der Waals surface area contributed by atoms with Gasteiger partial charge in [-0.2, -0.15) is 0 Å². The van der Waals surface area contributed by atoms with Gasteiger partial charge in [0.1, 0.15) is 17.5 Å². The third kappa shape index (κ3) is 5.26. The van der Waals surface area contributed by atoms with Crippen molar-refractivity contribution >= 4 is 39.3 Å². The standard InChI is InChI=1S/C24H28ClN3O5S/c1-5-19(22(30)26-24(2,3)4)27(14-16-10-6-8-12-18(16)25)21(29)15-28-23(31)17-11-7-9-13-20(17)34(28,32)33/h6-13,19H,5,14-15H2,1-4H3,(H,26,30). The molecule has 8 nitrogen and oxygen atoms in total. The van der Waals surface area contributed by atoms with Crippen molar-refractivity contribution in [3.05, 3.63) is 64.7 Å². The van der Waals surface area contributed by atoms with Crippen LogP contribution in [0, 0.1) is 0 Å². The minimum atomic E-state index is -4.18. The minimum Gasteiger partial charge on any atom is -0.350 e. The number of hydrogen-bond donors (Lipinski definition) is 1. The van der Waals surface area contributed by atoms with Crippen molar-refractivity contribution in [3.63, 3.8) is 0 Å². The molecular weight excluding hydrogens is 478 g/mol. The van der Waals surface area contributed by atoms with Gasteiger partial charge >= 0.3 is 0 Å². The van der Waals surface area contributed by atoms with Gasteiger partial charge in [0, 0.05) is 17.1 Å². The number of nitrogens with one attached hydrogen (secondary N) is 1. The zero-order valence-electron chi connectivity index (χ0n) is 19.5. The second-order valence-corrected chi connectivity index (χ2v) is 11.3. The number of carbonyl (C=O) groups excluding carboxylic acids is 3. The maximum absolute atomic E-state index is 13.5. The molecule has 0 spiro atoms. The fourth-order valence-electron chi connectivity index (χ4n) is 3.78. The number of rotatable bonds is 7. The Morgan fingerprint density at radius 2 is 1.71 bits per heavy atom. The maximum Gasteiger partial charge on any atom is 0.269 e. The maximum atomic E-state index is 13.5. The Hall–Kier alpha value is -2.91. The van der Waals surface area contributed by atoms with Gasteiger partial charge in [-0.25, -0.2) is 12.7 Å². The topological polar surface area (TPSA) is 104 Å². The van der Waals surface area contributed by atoms with Gasteiger partial charge in [-0.15, -0.1) is 0 Å². The lowest BCUT2D eigenvalue weighted by Gasteiger charge is -2.34. The summed E-state index contributed by atoms with van der Waals surface area (Å²) in [6.07, 6.45) is 0.277. The van der Waals surface area contributed by atoms with Crippen molar-refractivity contribution in [1.82, 2.24) is 14.5 Å². The molecule has 2 aromatic carbocycles. The molecule has 1 atom stereocenters. The van der Waals surface area contributed by atoms with Gasteiger partial charge in [0.25, 0.3) is 15.9 Å². The minimum absolute atomic E-state index is 0.0190. The van der Waals surface area contributed by atoms with Crippen LogP contribution in [0.25, 0.3) is 0 Å². The monoisotopic (exact) mass is 505 g/mol. The zero-order valence-corrected chi connectivity index (χ0v) is 21.1. The first kappa shape index (κ1) is 25.7. The first-order valence-corrected chi connectivity index (χ1v) is 12.7. The molecule has 0 bridgehead atoms. The first-order valence-electron chi connectivity index (χ1n) is 10.9. The average molecular weight is 506 g/mol. The summed E-state index contributed by atoms with van der Waals surface area (Å²) in [6.45, 7) is 6.48. The van der Waals surface area contributed by atoms with E-state index < -0.39 is 40.0 Å². The highest BCUT2D eigenvalue weighted by molar-refractivity contribution is 7.90. The van der Waals surface area contributed by atoms with Gasteiger partial charge in [-0.3, -0.25) is 14.4 Å². The van der Waals surface area contributed by atoms with Crippen LogP contribution in [0.15, 0.2) is 53.4 Å². The van der Waals surface area contributed by atoms with E-state index in [0.29, 0.717) is 14.9 Å². The van der Waals surface area contributed by atoms with Crippen molar-refractivity contribution in [3.8, 4) is 0 Å². The van der Waals surface area contributed by atoms with Crippen molar-refractivity contribution in [2.75, 3.05) is 6.54 Å². The van der Waals surface area contributed by atoms with E-state index in [-0.39, 0.29) is 29.3 Å². The lowest BCUT2D eigenvalue weighted by atomic mass is 10.1. The Morgan fingerprint density at radius 1 is 1.09 bits per heavy atom. The van der Waals surface area contributed by atoms with Crippen LogP contribution in [0.4, 0.5) is 0 Å². The third-order valence-electron chi connectivity index (χ3n) is 5.37. The molecule has 10 heteroatoms. The van der Waals surface area contributed by atoms with Crippen LogP contribution in [0.2, 0.25) is 5.02 Å². The van der Waals surface area contributed by atoms with E-state index in [4.69, 9.17) is 11.6 Å². The molecule has 0 saturated carbocycles. The van der Waals surface area contributed by atoms with Crippen molar-refractivity contribution in [2.24, 2.45) is 0 Å². The Morgan fingerprint density at radius 3 is 2.29 bits per heavy atom. The molecule has 0 saturated heterocycles. The summed E-state index contributed by atoms with van der Waals surface area (Å²) < 4.78 is 26.5. The van der Waals surface area contributed by atoms with E-state index in [2.05, 4.69) is 5.32 Å². The fraction of sp³-hybridized carbons (Fsp3) is 0.375. The number of halogens is 1. The summed E-state index contributed by atoms with van der Waals surface area (Å²) >= 11 is 6.31. The first-order chi connectivity index (χ1) is 15.9. The summed E-state index contributed by atoms with van der Waals surface area (Å²) in [5.74, 6) is -1.83. The van der Waals surface area contributed by atoms with Crippen LogP contribution in [-0.2, 0) is 26.2 Å². The van der Waals surface area contributed by atoms with E-state index in [1.54, 1.807) is 37.3 Å². The predicted molar refractivity (Wildman–Crippen MR) is 129 cm³/mol. The lowest BCUT2D eigenvalue weighted by Crippen LogP contribution is -2.55. The molecular formula is C24H28ClN3O5S. The summed E-state index contributed by atoms with van der Waals surface area (Å²) in [5, 5.41) is 3.28. The molecule has 1 heterocycles. The van der Waals surface area contributed by atoms with Gasteiger partial charge in [0.05, 0.1) is 5.56 Å². The molecule has 2 aromatic rings. The number of fused-ring (bicyclic) bond motifs is 1. The summed E-state index contributed by atoms with van der Waals surface area (Å²) in [6, 6.07) is 11.8. The average Bonchev–Trinajstić information content (AvgIpc) is 2.94. The van der Waals surface area contributed by atoms with E-state index in [1.165, 1.54) is 23.1 Å². The highest BCUT2D eigenvalue weighted by atomic mass is 35.5. The van der Waals surface area contributed by atoms with Crippen LogP contribution in [0.3, 0.4) is 0 Å². The molecule has 1 aliphatic heterocycles. The summed E-state index contributed by atoms with van der Waals surface area (Å²) in [7, 11) is -4.18. The van der Waals surface area contributed by atoms with Crippen LogP contribution in [-0.4, -0.2) is 53.5 Å². The molecule has 34 heavy (non-hydrogen) atoms. The normalized spacial score (nSPS) is 15.6. The van der Waals surface area contributed by atoms with Crippen LogP contribution in [0.5, 0.6) is 0 Å². The summed E-state index contributed by atoms with van der Waals surface area (Å²) in [4.78, 5) is 40.6. The van der Waals surface area contributed by atoms with Gasteiger partial charge in [-0.05, 0) is 51.0 Å². The van der Waals surface area contributed by atoms with Crippen molar-refractivity contribution in [2.45, 2.75) is 57.1 Å². The Bertz CT molecular complexity index is 1220. The van der Waals surface area contributed by atoms with Gasteiger partial charge in [-0.1, -0.05) is 48.9 Å². The highest BCUT2D eigenvalue weighted by Gasteiger charge is 2.43. The Balaban J connectivity index is 1.96. The van der Waals surface area contributed by atoms with Crippen LogP contribution >= 0.6 is 11.6 Å². The number of nitrogens with zero attached hydrogens (tertiary/aromatic N) is 2. The molecule has 1 aliphatic rings. The van der Waals surface area contributed by atoms with Gasteiger partial charge < -0.3 is 10.2 Å². The number of amides is 3. The Labute approximate surface area is 204 Å². The summed E-state index contributed by atoms with van der Waals surface area (Å²) in [5.41, 5.74) is 0.0726. The van der Waals surface area contributed by atoms with E-state index in [0.717, 1.165) is 0 Å². The van der Waals surface area contributed by atoms with E-state index in [9.17, 15) is 22.8 Å². The second kappa shape index (κ2) is 9.76. The molecule has 182 valence electrons. The predicted octanol–water partition coefficient (Wildman–Crippen LogP) is 3.21. The lowest BCUT2D eigenvalue weighted by molar-refractivity contribution is -0.141. The number of benzene rings is 2. The molecule has 3 amide bonds. The third-order valence-corrected chi connectivity index (χ3v) is 7.53.